The number of nitrogens with zero attached hydrogens (tertiary/aromatic N) is 4. The van der Waals surface area contributed by atoms with E-state index in [4.69, 9.17) is 16.3 Å². The highest BCUT2D eigenvalue weighted by Gasteiger charge is 2.46. The number of morpholine rings is 1. The minimum Gasteiger partial charge on any atom is -0.481 e. The summed E-state index contributed by atoms with van der Waals surface area (Å²) in [6.07, 6.45) is 2.35. The van der Waals surface area contributed by atoms with E-state index in [0.29, 0.717) is 65.3 Å². The summed E-state index contributed by atoms with van der Waals surface area (Å²) >= 11 is 5.98. The van der Waals surface area contributed by atoms with Crippen LogP contribution in [0.15, 0.2) is 30.5 Å². The molecule has 2 saturated heterocycles. The van der Waals surface area contributed by atoms with E-state index >= 15 is 0 Å². The number of carboxylic acids is 1. The zero-order valence-corrected chi connectivity index (χ0v) is 23.4. The van der Waals surface area contributed by atoms with Crippen LogP contribution in [0, 0.1) is 5.92 Å². The number of rotatable bonds is 11. The van der Waals surface area contributed by atoms with Gasteiger partial charge in [0.1, 0.15) is 5.54 Å². The number of alkyl halides is 2. The maximum Gasteiger partial charge on any atom is 0.387 e. The second-order valence-electron chi connectivity index (χ2n) is 10.6. The minimum absolute atomic E-state index is 0.0726. The van der Waals surface area contributed by atoms with Gasteiger partial charge in [0.25, 0.3) is 5.91 Å². The molecule has 0 aliphatic carbocycles. The predicted octanol–water partition coefficient (Wildman–Crippen LogP) is 3.72. The summed E-state index contributed by atoms with van der Waals surface area (Å²) in [5.74, 6) is -2.02. The third-order valence-corrected chi connectivity index (χ3v) is 7.83. The molecule has 1 aromatic carbocycles. The maximum atomic E-state index is 14.0. The molecular weight excluding hydrogens is 548 g/mol. The molecule has 2 aliphatic heterocycles. The van der Waals surface area contributed by atoms with E-state index in [2.05, 4.69) is 25.0 Å². The first-order valence-corrected chi connectivity index (χ1v) is 13.8. The monoisotopic (exact) mass is 583 g/mol. The molecule has 3 heterocycles. The van der Waals surface area contributed by atoms with Crippen LogP contribution in [-0.2, 0) is 19.9 Å². The number of hydrogen-bond donors (Lipinski definition) is 2. The van der Waals surface area contributed by atoms with Crippen molar-refractivity contribution >= 4 is 29.2 Å². The van der Waals surface area contributed by atoms with Crippen molar-refractivity contribution < 1.29 is 33.0 Å². The van der Waals surface area contributed by atoms with Gasteiger partial charge < -0.3 is 24.8 Å². The Labute approximate surface area is 237 Å². The number of benzene rings is 1. The molecule has 0 radical (unpaired) electrons. The van der Waals surface area contributed by atoms with Crippen LogP contribution < -0.4 is 10.1 Å². The number of piperidine rings is 1. The van der Waals surface area contributed by atoms with E-state index in [9.17, 15) is 23.5 Å². The Bertz CT molecular complexity index is 1170. The minimum atomic E-state index is -3.09. The Morgan fingerprint density at radius 1 is 1.12 bits per heavy atom. The van der Waals surface area contributed by atoms with Crippen molar-refractivity contribution in [2.45, 2.75) is 44.8 Å². The maximum absolute atomic E-state index is 14.0. The summed E-state index contributed by atoms with van der Waals surface area (Å²) in [5, 5.41) is 17.4. The molecule has 2 fully saturated rings. The van der Waals surface area contributed by atoms with Crippen molar-refractivity contribution in [3.63, 3.8) is 0 Å². The summed E-state index contributed by atoms with van der Waals surface area (Å²) in [6, 6.07) is 6.00. The average Bonchev–Trinajstić information content (AvgIpc) is 3.42. The number of halogens is 3. The lowest BCUT2D eigenvalue weighted by atomic mass is 9.85. The van der Waals surface area contributed by atoms with Crippen molar-refractivity contribution in [3.8, 4) is 5.75 Å². The number of anilines is 1. The fourth-order valence-electron chi connectivity index (χ4n) is 5.40. The number of likely N-dealkylation sites (tertiary alicyclic amines) is 1. The number of ether oxygens (including phenoxy) is 2. The van der Waals surface area contributed by atoms with Crippen LogP contribution in [0.4, 0.5) is 14.5 Å². The first kappa shape index (κ1) is 30.2. The fourth-order valence-corrected chi connectivity index (χ4v) is 5.56. The molecule has 13 heteroatoms. The van der Waals surface area contributed by atoms with Crippen LogP contribution in [0.25, 0.3) is 0 Å². The number of carboxylic acid groups (broad SMARTS) is 1. The number of amides is 1. The summed E-state index contributed by atoms with van der Waals surface area (Å²) in [7, 11) is 0. The van der Waals surface area contributed by atoms with Crippen molar-refractivity contribution in [3.05, 3.63) is 41.2 Å². The molecule has 1 amide bonds. The Balaban J connectivity index is 1.55. The van der Waals surface area contributed by atoms with Gasteiger partial charge in [-0.1, -0.05) is 25.4 Å². The number of hydrogen-bond acceptors (Lipinski definition) is 7. The molecule has 2 N–H and O–H groups in total. The van der Waals surface area contributed by atoms with Crippen LogP contribution in [-0.4, -0.2) is 95.7 Å². The van der Waals surface area contributed by atoms with Gasteiger partial charge in [0.05, 0.1) is 24.8 Å². The molecule has 4 rings (SSSR count). The second kappa shape index (κ2) is 13.2. The van der Waals surface area contributed by atoms with Crippen LogP contribution in [0.2, 0.25) is 5.02 Å². The fraction of sp³-hybridized carbons (Fsp3) is 0.593. The molecule has 0 unspecified atom stereocenters. The highest BCUT2D eigenvalue weighted by molar-refractivity contribution is 6.30. The summed E-state index contributed by atoms with van der Waals surface area (Å²) in [6.45, 7) is 5.20. The number of aromatic nitrogens is 2. The molecule has 0 saturated carbocycles. The third kappa shape index (κ3) is 7.09. The topological polar surface area (TPSA) is 109 Å². The second-order valence-corrected chi connectivity index (χ2v) is 11.0. The van der Waals surface area contributed by atoms with E-state index in [-0.39, 0.29) is 22.4 Å². The van der Waals surface area contributed by atoms with Gasteiger partial charge >= 0.3 is 12.6 Å². The van der Waals surface area contributed by atoms with Gasteiger partial charge in [-0.3, -0.25) is 19.2 Å². The molecule has 10 nitrogen and oxygen atoms in total. The van der Waals surface area contributed by atoms with Crippen LogP contribution in [0.1, 0.15) is 38.3 Å². The Morgan fingerprint density at radius 2 is 1.77 bits per heavy atom. The van der Waals surface area contributed by atoms with E-state index in [1.165, 1.54) is 18.2 Å². The first-order chi connectivity index (χ1) is 19.1. The highest BCUT2D eigenvalue weighted by Crippen LogP contribution is 2.37. The van der Waals surface area contributed by atoms with Crippen molar-refractivity contribution in [1.82, 2.24) is 19.6 Å². The molecule has 40 heavy (non-hydrogen) atoms. The molecule has 2 aliphatic rings. The van der Waals surface area contributed by atoms with Crippen LogP contribution in [0.5, 0.6) is 5.75 Å². The zero-order chi connectivity index (χ0) is 28.9. The molecule has 1 aromatic heterocycles. The van der Waals surface area contributed by atoms with Gasteiger partial charge in [-0.2, -0.15) is 13.9 Å². The summed E-state index contributed by atoms with van der Waals surface area (Å²) in [5.41, 5.74) is -0.185. The molecular formula is C27H36ClF2N5O5. The van der Waals surface area contributed by atoms with Crippen molar-refractivity contribution in [2.75, 3.05) is 57.8 Å². The first-order valence-electron chi connectivity index (χ1n) is 13.4. The lowest BCUT2D eigenvalue weighted by Gasteiger charge is -2.42. The number of carbonyl (C=O) groups is 2. The predicted molar refractivity (Wildman–Crippen MR) is 145 cm³/mol. The normalized spacial score (nSPS) is 19.1. The Kier molecular flexibility index (Phi) is 9.99. The Hall–Kier alpha value is -2.80. The van der Waals surface area contributed by atoms with Gasteiger partial charge in [-0.15, -0.1) is 0 Å². The van der Waals surface area contributed by atoms with E-state index in [1.807, 2.05) is 19.9 Å². The molecule has 220 valence electrons. The standard InChI is InChI=1S/C27H36ClF2N5O5/c1-18(2)22-5-8-31-35(22)27(25(38)32-21-4-3-20(28)15-23(21)40-26(29)30)6-9-33(10-7-27)16-19(24(36)37)17-34-11-13-39-14-12-34/h3-5,8,15,18-19,26H,6-7,9-14,16-17H2,1-2H3,(H,32,38)(H,36,37)/t19-/m0/s1. The SMILES string of the molecule is CC(C)c1ccnn1C1(C(=O)Nc2ccc(Cl)cc2OC(F)F)CCN(C[C@@H](CN2CCOCC2)C(=O)O)CC1. The van der Waals surface area contributed by atoms with Crippen molar-refractivity contribution in [2.24, 2.45) is 5.92 Å². The van der Waals surface area contributed by atoms with Crippen molar-refractivity contribution in [1.29, 1.82) is 0 Å². The Morgan fingerprint density at radius 3 is 2.38 bits per heavy atom. The molecule has 0 spiro atoms. The number of carbonyl (C=O) groups excluding carboxylic acids is 1. The van der Waals surface area contributed by atoms with E-state index in [0.717, 1.165) is 5.69 Å². The summed E-state index contributed by atoms with van der Waals surface area (Å²) in [4.78, 5) is 30.3. The van der Waals surface area contributed by atoms with E-state index in [1.54, 1.807) is 10.9 Å². The molecule has 1 atom stereocenters. The number of aliphatic carboxylic acids is 1. The summed E-state index contributed by atoms with van der Waals surface area (Å²) < 4.78 is 37.9. The quantitative estimate of drug-likeness (QED) is 0.412. The zero-order valence-electron chi connectivity index (χ0n) is 22.7. The van der Waals surface area contributed by atoms with Gasteiger partial charge in [0.2, 0.25) is 0 Å². The largest absolute Gasteiger partial charge is 0.481 e. The smallest absolute Gasteiger partial charge is 0.387 e. The van der Waals surface area contributed by atoms with Crippen LogP contribution in [0.3, 0.4) is 0 Å². The van der Waals surface area contributed by atoms with Gasteiger partial charge in [0, 0.05) is 62.2 Å². The van der Waals surface area contributed by atoms with Gasteiger partial charge in [0.15, 0.2) is 5.75 Å². The van der Waals surface area contributed by atoms with Crippen LogP contribution >= 0.6 is 11.6 Å². The van der Waals surface area contributed by atoms with Gasteiger partial charge in [-0.05, 0) is 37.0 Å². The third-order valence-electron chi connectivity index (χ3n) is 7.59. The lowest BCUT2D eigenvalue weighted by Crippen LogP contribution is -2.55. The van der Waals surface area contributed by atoms with Gasteiger partial charge in [-0.25, -0.2) is 0 Å². The number of nitrogens with one attached hydrogen (secondary N) is 1. The molecule has 0 bridgehead atoms. The average molecular weight is 584 g/mol. The van der Waals surface area contributed by atoms with E-state index < -0.39 is 29.9 Å². The lowest BCUT2D eigenvalue weighted by molar-refractivity contribution is -0.144. The highest BCUT2D eigenvalue weighted by atomic mass is 35.5. The molecule has 2 aromatic rings.